The first kappa shape index (κ1) is 21.4. The van der Waals surface area contributed by atoms with Crippen molar-refractivity contribution in [3.05, 3.63) is 65.2 Å². The Morgan fingerprint density at radius 1 is 1.07 bits per heavy atom. The fraction of sp³-hybridized carbons (Fsp3) is 0.333. The van der Waals surface area contributed by atoms with Crippen LogP contribution in [0.3, 0.4) is 0 Å². The molecule has 2 N–H and O–H groups in total. The third-order valence-electron chi connectivity index (χ3n) is 5.17. The number of aliphatic hydroxyl groups excluding tert-OH is 1. The van der Waals surface area contributed by atoms with Gasteiger partial charge in [0, 0.05) is 12.1 Å². The minimum absolute atomic E-state index is 0.0517. The molecule has 1 aliphatic rings. The Morgan fingerprint density at radius 3 is 2.47 bits per heavy atom. The van der Waals surface area contributed by atoms with E-state index in [4.69, 9.17) is 4.74 Å². The Bertz CT molecular complexity index is 948. The second kappa shape index (κ2) is 9.48. The topological polar surface area (TPSA) is 87.1 Å². The van der Waals surface area contributed by atoms with Crippen molar-refractivity contribution in [2.45, 2.75) is 39.2 Å². The lowest BCUT2D eigenvalue weighted by Crippen LogP contribution is -2.30. The number of hydrogen-bond acceptors (Lipinski definition) is 5. The molecule has 0 bridgehead atoms. The Morgan fingerprint density at radius 2 is 1.80 bits per heavy atom. The van der Waals surface area contributed by atoms with Gasteiger partial charge in [0.2, 0.25) is 0 Å². The first-order valence-corrected chi connectivity index (χ1v) is 10.3. The molecular formula is C24H27NO5. The summed E-state index contributed by atoms with van der Waals surface area (Å²) in [6.07, 6.45) is 2.68. The molecular weight excluding hydrogens is 382 g/mol. The molecule has 1 fully saturated rings. The van der Waals surface area contributed by atoms with Crippen molar-refractivity contribution in [3.63, 3.8) is 0 Å². The van der Waals surface area contributed by atoms with E-state index in [2.05, 4.69) is 6.92 Å². The van der Waals surface area contributed by atoms with Gasteiger partial charge in [0.05, 0.1) is 18.2 Å². The first-order valence-electron chi connectivity index (χ1n) is 10.3. The first-order chi connectivity index (χ1) is 14.5. The van der Waals surface area contributed by atoms with Crippen LogP contribution in [-0.2, 0) is 9.59 Å². The van der Waals surface area contributed by atoms with Crippen molar-refractivity contribution >= 4 is 17.4 Å². The van der Waals surface area contributed by atoms with E-state index >= 15 is 0 Å². The molecule has 2 aromatic carbocycles. The zero-order valence-electron chi connectivity index (χ0n) is 17.3. The SMILES string of the molecule is CCCCCN1C(=O)C(=O)/C(=C(\O)c2cccc(OCC)c2)C1c1ccc(O)cc1. The summed E-state index contributed by atoms with van der Waals surface area (Å²) in [5, 5.41) is 20.7. The van der Waals surface area contributed by atoms with Crippen molar-refractivity contribution in [1.82, 2.24) is 4.90 Å². The fourth-order valence-electron chi connectivity index (χ4n) is 3.70. The maximum absolute atomic E-state index is 12.9. The van der Waals surface area contributed by atoms with Crippen LogP contribution in [0.25, 0.3) is 5.76 Å². The Hall–Kier alpha value is -3.28. The van der Waals surface area contributed by atoms with Crippen molar-refractivity contribution < 1.29 is 24.5 Å². The highest BCUT2D eigenvalue weighted by Gasteiger charge is 2.45. The predicted octanol–water partition coefficient (Wildman–Crippen LogP) is 4.40. The number of phenolic OH excluding ortho intramolecular Hbond substituents is 1. The molecule has 0 radical (unpaired) electrons. The van der Waals surface area contributed by atoms with E-state index in [1.165, 1.54) is 17.0 Å². The lowest BCUT2D eigenvalue weighted by atomic mass is 9.95. The molecule has 6 heteroatoms. The molecule has 0 aromatic heterocycles. The van der Waals surface area contributed by atoms with Crippen molar-refractivity contribution in [2.75, 3.05) is 13.2 Å². The molecule has 2 aromatic rings. The number of nitrogens with zero attached hydrogens (tertiary/aromatic N) is 1. The number of likely N-dealkylation sites (tertiary alicyclic amines) is 1. The van der Waals surface area contributed by atoms with E-state index < -0.39 is 17.7 Å². The standard InChI is InChI=1S/C24H27NO5/c1-3-5-6-14-25-21(16-10-12-18(26)13-11-16)20(23(28)24(25)29)22(27)17-8-7-9-19(15-17)30-4-2/h7-13,15,21,26-27H,3-6,14H2,1-2H3/b22-20-. The molecule has 0 aliphatic carbocycles. The number of ether oxygens (including phenoxy) is 1. The summed E-state index contributed by atoms with van der Waals surface area (Å²) in [5.41, 5.74) is 1.12. The molecule has 0 saturated carbocycles. The van der Waals surface area contributed by atoms with Crippen molar-refractivity contribution in [3.8, 4) is 11.5 Å². The predicted molar refractivity (Wildman–Crippen MR) is 114 cm³/mol. The number of rotatable bonds is 8. The summed E-state index contributed by atoms with van der Waals surface area (Å²) in [7, 11) is 0. The van der Waals surface area contributed by atoms with E-state index in [0.29, 0.717) is 30.0 Å². The average molecular weight is 409 g/mol. The molecule has 1 heterocycles. The summed E-state index contributed by atoms with van der Waals surface area (Å²) < 4.78 is 5.49. The number of unbranched alkanes of at least 4 members (excludes halogenated alkanes) is 2. The van der Waals surface area contributed by atoms with Crippen molar-refractivity contribution in [2.24, 2.45) is 0 Å². The molecule has 0 spiro atoms. The number of aromatic hydroxyl groups is 1. The summed E-state index contributed by atoms with van der Waals surface area (Å²) in [6.45, 7) is 4.81. The van der Waals surface area contributed by atoms with Crippen LogP contribution in [0.2, 0.25) is 0 Å². The van der Waals surface area contributed by atoms with E-state index in [0.717, 1.165) is 19.3 Å². The Labute approximate surface area is 176 Å². The molecule has 3 rings (SSSR count). The molecule has 1 atom stereocenters. The zero-order chi connectivity index (χ0) is 21.7. The van der Waals surface area contributed by atoms with Gasteiger partial charge in [-0.3, -0.25) is 9.59 Å². The van der Waals surface area contributed by atoms with Gasteiger partial charge in [0.15, 0.2) is 0 Å². The van der Waals surface area contributed by atoms with Gasteiger partial charge >= 0.3 is 0 Å². The molecule has 1 amide bonds. The third kappa shape index (κ3) is 4.32. The maximum atomic E-state index is 12.9. The van der Waals surface area contributed by atoms with Crippen LogP contribution in [0.4, 0.5) is 0 Å². The minimum Gasteiger partial charge on any atom is -0.508 e. The number of carbonyl (C=O) groups is 2. The fourth-order valence-corrected chi connectivity index (χ4v) is 3.70. The monoisotopic (exact) mass is 409 g/mol. The van der Waals surface area contributed by atoms with E-state index in [9.17, 15) is 19.8 Å². The van der Waals surface area contributed by atoms with Gasteiger partial charge in [0.25, 0.3) is 11.7 Å². The molecule has 1 aliphatic heterocycles. The van der Waals surface area contributed by atoms with E-state index in [1.807, 2.05) is 6.92 Å². The highest BCUT2D eigenvalue weighted by molar-refractivity contribution is 6.46. The largest absolute Gasteiger partial charge is 0.508 e. The third-order valence-corrected chi connectivity index (χ3v) is 5.17. The maximum Gasteiger partial charge on any atom is 0.295 e. The smallest absolute Gasteiger partial charge is 0.295 e. The highest BCUT2D eigenvalue weighted by atomic mass is 16.5. The lowest BCUT2D eigenvalue weighted by Gasteiger charge is -2.25. The molecule has 158 valence electrons. The number of aliphatic hydroxyl groups is 1. The van der Waals surface area contributed by atoms with Crippen LogP contribution in [0.5, 0.6) is 11.5 Å². The lowest BCUT2D eigenvalue weighted by molar-refractivity contribution is -0.139. The Balaban J connectivity index is 2.10. The van der Waals surface area contributed by atoms with Crippen LogP contribution >= 0.6 is 0 Å². The van der Waals surface area contributed by atoms with Crippen LogP contribution < -0.4 is 4.74 Å². The normalized spacial score (nSPS) is 18.1. The quantitative estimate of drug-likeness (QED) is 0.292. The van der Waals surface area contributed by atoms with Gasteiger partial charge in [-0.2, -0.15) is 0 Å². The number of carbonyl (C=O) groups excluding carboxylic acids is 2. The highest BCUT2D eigenvalue weighted by Crippen LogP contribution is 2.40. The van der Waals surface area contributed by atoms with Gasteiger partial charge in [-0.1, -0.05) is 44.0 Å². The average Bonchev–Trinajstić information content (AvgIpc) is 2.99. The number of hydrogen-bond donors (Lipinski definition) is 2. The molecule has 1 unspecified atom stereocenters. The number of ketones is 1. The van der Waals surface area contributed by atoms with Crippen LogP contribution in [0.1, 0.15) is 50.3 Å². The van der Waals surface area contributed by atoms with Gasteiger partial charge in [-0.05, 0) is 43.2 Å². The molecule has 6 nitrogen and oxygen atoms in total. The Kier molecular flexibility index (Phi) is 6.77. The number of phenols is 1. The second-order valence-corrected chi connectivity index (χ2v) is 7.25. The zero-order valence-corrected chi connectivity index (χ0v) is 17.3. The molecule has 30 heavy (non-hydrogen) atoms. The summed E-state index contributed by atoms with van der Waals surface area (Å²) in [6, 6.07) is 12.5. The number of Topliss-reactive ketones (excluding diaryl/α,β-unsaturated/α-hetero) is 1. The van der Waals surface area contributed by atoms with Crippen LogP contribution in [-0.4, -0.2) is 40.0 Å². The second-order valence-electron chi connectivity index (χ2n) is 7.25. The van der Waals surface area contributed by atoms with Gasteiger partial charge in [0.1, 0.15) is 17.3 Å². The summed E-state index contributed by atoms with van der Waals surface area (Å²) in [4.78, 5) is 27.3. The van der Waals surface area contributed by atoms with Gasteiger partial charge < -0.3 is 19.8 Å². The van der Waals surface area contributed by atoms with Gasteiger partial charge in [-0.15, -0.1) is 0 Å². The van der Waals surface area contributed by atoms with E-state index in [1.54, 1.807) is 36.4 Å². The number of benzene rings is 2. The van der Waals surface area contributed by atoms with Crippen LogP contribution in [0, 0.1) is 0 Å². The number of amides is 1. The minimum atomic E-state index is -0.710. The van der Waals surface area contributed by atoms with E-state index in [-0.39, 0.29) is 17.1 Å². The summed E-state index contributed by atoms with van der Waals surface area (Å²) in [5.74, 6) is -0.896. The van der Waals surface area contributed by atoms with Crippen LogP contribution in [0.15, 0.2) is 54.1 Å². The molecule has 1 saturated heterocycles. The van der Waals surface area contributed by atoms with Gasteiger partial charge in [-0.25, -0.2) is 0 Å². The van der Waals surface area contributed by atoms with Crippen molar-refractivity contribution in [1.29, 1.82) is 0 Å². The summed E-state index contributed by atoms with van der Waals surface area (Å²) >= 11 is 0.